The zero-order chi connectivity index (χ0) is 21.7. The van der Waals surface area contributed by atoms with E-state index in [1.54, 1.807) is 18.2 Å². The Bertz CT molecular complexity index is 906. The van der Waals surface area contributed by atoms with Crippen molar-refractivity contribution < 1.29 is 9.59 Å². The number of carbonyl (C=O) groups is 2. The summed E-state index contributed by atoms with van der Waals surface area (Å²) in [4.78, 5) is 32.0. The Balaban J connectivity index is 1.69. The molecular weight excluding hydrogens is 376 g/mol. The molecule has 1 aromatic carbocycles. The molecule has 1 aliphatic carbocycles. The maximum atomic E-state index is 12.8. The zero-order valence-corrected chi connectivity index (χ0v) is 18.4. The number of benzene rings is 1. The molecule has 0 atom stereocenters. The van der Waals surface area contributed by atoms with Gasteiger partial charge in [-0.15, -0.1) is 0 Å². The standard InChI is InChI=1S/C24H32N4O2/c1-5-28(16(2)3)15-20-10-7-11-22(25-20)27-24(30)19-13-12-17(4)21(14-19)26-23(29)18-8-6-9-18/h7,10-14,16,18H,5-6,8-9,15H2,1-4H3,(H,26,29)(H,25,27,30). The highest BCUT2D eigenvalue weighted by atomic mass is 16.2. The Labute approximate surface area is 179 Å². The summed E-state index contributed by atoms with van der Waals surface area (Å²) in [6.07, 6.45) is 3.00. The number of hydrogen-bond donors (Lipinski definition) is 2. The quantitative estimate of drug-likeness (QED) is 0.669. The van der Waals surface area contributed by atoms with Crippen LogP contribution in [0.15, 0.2) is 36.4 Å². The topological polar surface area (TPSA) is 74.3 Å². The minimum atomic E-state index is -0.241. The fraction of sp³-hybridized carbons (Fsp3) is 0.458. The minimum absolute atomic E-state index is 0.0434. The van der Waals surface area contributed by atoms with Crippen LogP contribution in [0, 0.1) is 12.8 Å². The van der Waals surface area contributed by atoms with E-state index in [0.29, 0.717) is 23.1 Å². The number of amides is 2. The number of aryl methyl sites for hydroxylation is 1. The second-order valence-electron chi connectivity index (χ2n) is 8.27. The maximum absolute atomic E-state index is 12.8. The Morgan fingerprint density at radius 3 is 2.57 bits per heavy atom. The van der Waals surface area contributed by atoms with Gasteiger partial charge < -0.3 is 10.6 Å². The van der Waals surface area contributed by atoms with E-state index >= 15 is 0 Å². The molecule has 1 fully saturated rings. The molecule has 30 heavy (non-hydrogen) atoms. The second kappa shape index (κ2) is 9.85. The van der Waals surface area contributed by atoms with E-state index in [2.05, 4.69) is 41.3 Å². The van der Waals surface area contributed by atoms with Crippen LogP contribution in [0.25, 0.3) is 0 Å². The lowest BCUT2D eigenvalue weighted by atomic mass is 9.85. The van der Waals surface area contributed by atoms with Gasteiger partial charge in [-0.2, -0.15) is 0 Å². The third kappa shape index (κ3) is 5.45. The van der Waals surface area contributed by atoms with E-state index in [0.717, 1.165) is 43.6 Å². The Hall–Kier alpha value is -2.73. The molecule has 3 rings (SSSR count). The van der Waals surface area contributed by atoms with Crippen molar-refractivity contribution in [1.29, 1.82) is 0 Å². The van der Waals surface area contributed by atoms with Crippen LogP contribution in [-0.2, 0) is 11.3 Å². The minimum Gasteiger partial charge on any atom is -0.326 e. The molecule has 2 aromatic rings. The highest BCUT2D eigenvalue weighted by Gasteiger charge is 2.25. The van der Waals surface area contributed by atoms with Gasteiger partial charge in [-0.1, -0.05) is 25.5 Å². The van der Waals surface area contributed by atoms with E-state index in [1.165, 1.54) is 0 Å². The van der Waals surface area contributed by atoms with E-state index in [-0.39, 0.29) is 17.7 Å². The first kappa shape index (κ1) is 22.0. The van der Waals surface area contributed by atoms with Crippen LogP contribution in [0.1, 0.15) is 61.6 Å². The Morgan fingerprint density at radius 1 is 1.17 bits per heavy atom. The van der Waals surface area contributed by atoms with Gasteiger partial charge in [0.05, 0.1) is 5.69 Å². The molecule has 0 unspecified atom stereocenters. The largest absolute Gasteiger partial charge is 0.326 e. The number of nitrogens with one attached hydrogen (secondary N) is 2. The number of hydrogen-bond acceptors (Lipinski definition) is 4. The van der Waals surface area contributed by atoms with Gasteiger partial charge in [-0.05, 0) is 70.0 Å². The van der Waals surface area contributed by atoms with Crippen molar-refractivity contribution in [2.24, 2.45) is 5.92 Å². The molecule has 6 nitrogen and oxygen atoms in total. The summed E-state index contributed by atoms with van der Waals surface area (Å²) in [6, 6.07) is 11.5. The first-order chi connectivity index (χ1) is 14.4. The van der Waals surface area contributed by atoms with Crippen LogP contribution in [0.4, 0.5) is 11.5 Å². The Kier molecular flexibility index (Phi) is 7.21. The van der Waals surface area contributed by atoms with E-state index in [9.17, 15) is 9.59 Å². The van der Waals surface area contributed by atoms with Gasteiger partial charge in [0.2, 0.25) is 5.91 Å². The fourth-order valence-corrected chi connectivity index (χ4v) is 3.50. The van der Waals surface area contributed by atoms with Crippen molar-refractivity contribution in [3.05, 3.63) is 53.2 Å². The molecule has 160 valence electrons. The predicted octanol–water partition coefficient (Wildman–Crippen LogP) is 4.61. The first-order valence-electron chi connectivity index (χ1n) is 10.8. The van der Waals surface area contributed by atoms with Crippen LogP contribution in [0.2, 0.25) is 0 Å². The third-order valence-electron chi connectivity index (χ3n) is 5.78. The van der Waals surface area contributed by atoms with Gasteiger partial charge in [0, 0.05) is 29.8 Å². The van der Waals surface area contributed by atoms with Crippen molar-refractivity contribution in [3.63, 3.8) is 0 Å². The van der Waals surface area contributed by atoms with Gasteiger partial charge in [0.1, 0.15) is 5.82 Å². The molecule has 1 aromatic heterocycles. The number of pyridine rings is 1. The fourth-order valence-electron chi connectivity index (χ4n) is 3.50. The molecule has 6 heteroatoms. The summed E-state index contributed by atoms with van der Waals surface area (Å²) in [6.45, 7) is 10.1. The summed E-state index contributed by atoms with van der Waals surface area (Å²) in [5, 5.41) is 5.86. The van der Waals surface area contributed by atoms with Crippen molar-refractivity contribution in [3.8, 4) is 0 Å². The summed E-state index contributed by atoms with van der Waals surface area (Å²) >= 11 is 0. The predicted molar refractivity (Wildman–Crippen MR) is 121 cm³/mol. The van der Waals surface area contributed by atoms with Crippen LogP contribution >= 0.6 is 0 Å². The molecule has 1 aliphatic rings. The second-order valence-corrected chi connectivity index (χ2v) is 8.27. The number of nitrogens with zero attached hydrogens (tertiary/aromatic N) is 2. The lowest BCUT2D eigenvalue weighted by Gasteiger charge is -2.24. The Morgan fingerprint density at radius 2 is 1.93 bits per heavy atom. The van der Waals surface area contributed by atoms with Crippen LogP contribution in [0.3, 0.4) is 0 Å². The monoisotopic (exact) mass is 408 g/mol. The van der Waals surface area contributed by atoms with Crippen LogP contribution in [-0.4, -0.2) is 34.3 Å². The molecule has 0 aliphatic heterocycles. The number of carbonyl (C=O) groups excluding carboxylic acids is 2. The average molecular weight is 409 g/mol. The lowest BCUT2D eigenvalue weighted by Crippen LogP contribution is -2.30. The van der Waals surface area contributed by atoms with Crippen molar-refractivity contribution in [1.82, 2.24) is 9.88 Å². The van der Waals surface area contributed by atoms with Gasteiger partial charge >= 0.3 is 0 Å². The van der Waals surface area contributed by atoms with E-state index < -0.39 is 0 Å². The highest BCUT2D eigenvalue weighted by molar-refractivity contribution is 6.05. The zero-order valence-electron chi connectivity index (χ0n) is 18.4. The van der Waals surface area contributed by atoms with E-state index in [4.69, 9.17) is 0 Å². The number of aromatic nitrogens is 1. The summed E-state index contributed by atoms with van der Waals surface area (Å²) in [7, 11) is 0. The summed E-state index contributed by atoms with van der Waals surface area (Å²) < 4.78 is 0. The molecule has 0 spiro atoms. The molecule has 1 heterocycles. The van der Waals surface area contributed by atoms with Gasteiger partial charge in [0.15, 0.2) is 0 Å². The number of rotatable bonds is 8. The van der Waals surface area contributed by atoms with Crippen molar-refractivity contribution in [2.75, 3.05) is 17.2 Å². The molecule has 2 N–H and O–H groups in total. The SMILES string of the molecule is CCN(Cc1cccc(NC(=O)c2ccc(C)c(NC(=O)C3CCC3)c2)n1)C(C)C. The molecule has 0 bridgehead atoms. The van der Waals surface area contributed by atoms with Gasteiger partial charge in [0.25, 0.3) is 5.91 Å². The third-order valence-corrected chi connectivity index (χ3v) is 5.78. The number of anilines is 2. The first-order valence-corrected chi connectivity index (χ1v) is 10.8. The molecule has 0 radical (unpaired) electrons. The summed E-state index contributed by atoms with van der Waals surface area (Å²) in [5.74, 6) is 0.428. The molecule has 2 amide bonds. The highest BCUT2D eigenvalue weighted by Crippen LogP contribution is 2.28. The van der Waals surface area contributed by atoms with E-state index in [1.807, 2.05) is 25.1 Å². The molecule has 0 saturated heterocycles. The molecule has 1 saturated carbocycles. The van der Waals surface area contributed by atoms with Gasteiger partial charge in [-0.3, -0.25) is 14.5 Å². The average Bonchev–Trinajstić information content (AvgIpc) is 2.66. The maximum Gasteiger partial charge on any atom is 0.256 e. The normalized spacial score (nSPS) is 13.9. The molecular formula is C24H32N4O2. The van der Waals surface area contributed by atoms with Crippen LogP contribution in [0.5, 0.6) is 0 Å². The van der Waals surface area contributed by atoms with Crippen molar-refractivity contribution in [2.45, 2.75) is 59.5 Å². The van der Waals surface area contributed by atoms with Crippen molar-refractivity contribution >= 4 is 23.3 Å². The van der Waals surface area contributed by atoms with Crippen LogP contribution < -0.4 is 10.6 Å². The smallest absolute Gasteiger partial charge is 0.256 e. The van der Waals surface area contributed by atoms with Gasteiger partial charge in [-0.25, -0.2) is 4.98 Å². The summed E-state index contributed by atoms with van der Waals surface area (Å²) in [5.41, 5.74) is 3.04. The lowest BCUT2D eigenvalue weighted by molar-refractivity contribution is -0.122.